The second kappa shape index (κ2) is 14.8. The lowest BCUT2D eigenvalue weighted by molar-refractivity contribution is -0.143. The fourth-order valence-corrected chi connectivity index (χ4v) is 7.86. The van der Waals surface area contributed by atoms with E-state index in [0.717, 1.165) is 43.0 Å². The van der Waals surface area contributed by atoms with Gasteiger partial charge in [-0.25, -0.2) is 9.48 Å². The Hall–Kier alpha value is -4.07. The quantitative estimate of drug-likeness (QED) is 0.247. The van der Waals surface area contributed by atoms with Crippen molar-refractivity contribution in [1.82, 2.24) is 29.9 Å². The molecule has 0 radical (unpaired) electrons. The number of halogens is 1. The third kappa shape index (κ3) is 7.58. The lowest BCUT2D eigenvalue weighted by Crippen LogP contribution is -2.46. The number of nitrogens with zero attached hydrogens (tertiary/aromatic N) is 4. The van der Waals surface area contributed by atoms with Gasteiger partial charge in [0.05, 0.1) is 22.7 Å². The number of aromatic nitrogens is 3. The molecular weight excluding hydrogens is 614 g/mol. The number of H-pyrrole nitrogens is 1. The summed E-state index contributed by atoms with van der Waals surface area (Å²) < 4.78 is 1.51. The minimum Gasteiger partial charge on any atom is -0.397 e. The molecule has 2 amide bonds. The molecule has 2 aromatic carbocycles. The van der Waals surface area contributed by atoms with Gasteiger partial charge in [0.15, 0.2) is 5.82 Å². The van der Waals surface area contributed by atoms with Crippen molar-refractivity contribution >= 4 is 29.1 Å². The van der Waals surface area contributed by atoms with Gasteiger partial charge in [0.2, 0.25) is 11.8 Å². The summed E-state index contributed by atoms with van der Waals surface area (Å²) in [6, 6.07) is 13.0. The Labute approximate surface area is 281 Å². The maximum absolute atomic E-state index is 14.1. The highest BCUT2D eigenvalue weighted by Crippen LogP contribution is 2.33. The minimum absolute atomic E-state index is 0.00344. The van der Waals surface area contributed by atoms with Crippen molar-refractivity contribution in [3.63, 3.8) is 0 Å². The largest absolute Gasteiger partial charge is 0.397 e. The van der Waals surface area contributed by atoms with Crippen LogP contribution in [0.3, 0.4) is 0 Å². The van der Waals surface area contributed by atoms with Gasteiger partial charge in [0.25, 0.3) is 0 Å². The zero-order valence-electron chi connectivity index (χ0n) is 26.8. The highest BCUT2D eigenvalue weighted by Gasteiger charge is 2.35. The number of amides is 2. The van der Waals surface area contributed by atoms with Crippen LogP contribution in [0, 0.1) is 30.1 Å². The topological polar surface area (TPSA) is 129 Å². The number of anilines is 1. The van der Waals surface area contributed by atoms with Crippen LogP contribution in [0.25, 0.3) is 11.4 Å². The van der Waals surface area contributed by atoms with Gasteiger partial charge in [-0.2, -0.15) is 0 Å². The Morgan fingerprint density at radius 2 is 1.64 bits per heavy atom. The Morgan fingerprint density at radius 1 is 0.979 bits per heavy atom. The van der Waals surface area contributed by atoms with E-state index in [4.69, 9.17) is 23.8 Å². The molecule has 4 N–H and O–H groups in total. The molecule has 0 saturated carbocycles. The van der Waals surface area contributed by atoms with Gasteiger partial charge in [0.1, 0.15) is 0 Å². The lowest BCUT2D eigenvalue weighted by atomic mass is 9.79. The summed E-state index contributed by atoms with van der Waals surface area (Å²) in [5, 5.41) is 8.36. The molecule has 1 aromatic heterocycles. The molecule has 6 rings (SSSR count). The van der Waals surface area contributed by atoms with Crippen LogP contribution in [0.1, 0.15) is 62.1 Å². The van der Waals surface area contributed by atoms with Crippen LogP contribution in [-0.4, -0.2) is 75.6 Å². The van der Waals surface area contributed by atoms with E-state index >= 15 is 0 Å². The Balaban J connectivity index is 1.12. The summed E-state index contributed by atoms with van der Waals surface area (Å²) in [5.74, 6) is 3.86. The Kier molecular flexibility index (Phi) is 10.3. The van der Waals surface area contributed by atoms with Crippen molar-refractivity contribution in [1.29, 1.82) is 0 Å². The number of nitrogens with one attached hydrogen (secondary N) is 2. The minimum atomic E-state index is -0.552. The number of likely N-dealkylation sites (tertiary alicyclic amines) is 2. The van der Waals surface area contributed by atoms with Gasteiger partial charge in [-0.05, 0) is 87.6 Å². The molecule has 248 valence electrons. The molecule has 0 aliphatic carbocycles. The lowest BCUT2D eigenvalue weighted by Gasteiger charge is -2.39. The number of benzene rings is 2. The second-order valence-electron chi connectivity index (χ2n) is 13.2. The predicted octanol–water partition coefficient (Wildman–Crippen LogP) is 4.11. The average molecular weight is 658 g/mol. The summed E-state index contributed by atoms with van der Waals surface area (Å²) in [5.41, 5.74) is 8.28. The van der Waals surface area contributed by atoms with Gasteiger partial charge in [0, 0.05) is 43.7 Å². The van der Waals surface area contributed by atoms with Gasteiger partial charge < -0.3 is 20.9 Å². The van der Waals surface area contributed by atoms with Crippen molar-refractivity contribution in [2.75, 3.05) is 45.0 Å². The first-order valence-corrected chi connectivity index (χ1v) is 17.2. The summed E-state index contributed by atoms with van der Waals surface area (Å²) in [4.78, 5) is 47.3. The van der Waals surface area contributed by atoms with Gasteiger partial charge in [-0.15, -0.1) is 11.5 Å². The molecule has 0 bridgehead atoms. The van der Waals surface area contributed by atoms with E-state index in [1.807, 2.05) is 40.1 Å². The van der Waals surface area contributed by atoms with E-state index in [0.29, 0.717) is 73.5 Å². The number of carbonyl (C=O) groups excluding carboxylic acids is 2. The van der Waals surface area contributed by atoms with E-state index in [-0.39, 0.29) is 30.0 Å². The molecule has 3 fully saturated rings. The van der Waals surface area contributed by atoms with Crippen LogP contribution in [0.4, 0.5) is 5.69 Å². The molecule has 4 heterocycles. The Bertz CT molecular complexity index is 1660. The number of hydrogen-bond acceptors (Lipinski definition) is 6. The molecule has 3 aromatic rings. The molecule has 3 aliphatic heterocycles. The normalized spacial score (nSPS) is 19.0. The van der Waals surface area contributed by atoms with E-state index in [2.05, 4.69) is 21.3 Å². The van der Waals surface area contributed by atoms with Crippen LogP contribution < -0.4 is 16.7 Å². The third-order valence-corrected chi connectivity index (χ3v) is 10.7. The number of carbonyl (C=O) groups is 2. The van der Waals surface area contributed by atoms with Crippen molar-refractivity contribution < 1.29 is 9.59 Å². The molecule has 1 atom stereocenters. The standard InChI is InChI=1S/C36H44ClN7O3/c1-2-25-20-24(22-31(37)33(25)38)21-29(35(46)43-16-10-27(11-17-43)26-8-14-39-15-9-26)23-32(45)42-18-12-30(13-19-42)44-36(47)40-34(41-44)28-6-4-3-5-7-28/h1,3-7,20,22,26-27,29-30,39H,8-19,21,23,38H2,(H,40,41,47)/t29-/m0/s1. The first-order chi connectivity index (χ1) is 22.8. The molecule has 0 spiro atoms. The fourth-order valence-electron chi connectivity index (χ4n) is 7.62. The van der Waals surface area contributed by atoms with Gasteiger partial charge >= 0.3 is 5.69 Å². The molecule has 3 aliphatic rings. The SMILES string of the molecule is C#Cc1cc(C[C@@H](CC(=O)N2CCC(n3nc(-c4ccccc4)[nH]c3=O)CC2)C(=O)N2CCC(C3CCNCC3)CC2)cc(Cl)c1N. The van der Waals surface area contributed by atoms with Crippen LogP contribution >= 0.6 is 11.6 Å². The highest BCUT2D eigenvalue weighted by atomic mass is 35.5. The predicted molar refractivity (Wildman–Crippen MR) is 184 cm³/mol. The second-order valence-corrected chi connectivity index (χ2v) is 13.6. The zero-order valence-corrected chi connectivity index (χ0v) is 27.6. The number of hydrogen-bond donors (Lipinski definition) is 3. The summed E-state index contributed by atoms with van der Waals surface area (Å²) >= 11 is 6.41. The first-order valence-electron chi connectivity index (χ1n) is 16.9. The number of rotatable bonds is 8. The smallest absolute Gasteiger partial charge is 0.343 e. The molecule has 3 saturated heterocycles. The molecule has 0 unspecified atom stereocenters. The fraction of sp³-hybridized carbons (Fsp3) is 0.500. The van der Waals surface area contributed by atoms with Crippen LogP contribution in [-0.2, 0) is 16.0 Å². The highest BCUT2D eigenvalue weighted by molar-refractivity contribution is 6.33. The summed E-state index contributed by atoms with van der Waals surface area (Å²) in [6.07, 6.45) is 11.7. The van der Waals surface area contributed by atoms with E-state index < -0.39 is 5.92 Å². The summed E-state index contributed by atoms with van der Waals surface area (Å²) in [6.45, 7) is 4.54. The number of aromatic amines is 1. The Morgan fingerprint density at radius 3 is 2.32 bits per heavy atom. The number of nitrogen functional groups attached to an aromatic ring is 1. The van der Waals surface area contributed by atoms with Crippen LogP contribution in [0.5, 0.6) is 0 Å². The van der Waals surface area contributed by atoms with E-state index in [1.165, 1.54) is 17.5 Å². The van der Waals surface area contributed by atoms with E-state index in [9.17, 15) is 14.4 Å². The zero-order chi connectivity index (χ0) is 32.9. The maximum Gasteiger partial charge on any atom is 0.343 e. The van der Waals surface area contributed by atoms with E-state index in [1.54, 1.807) is 12.1 Å². The number of nitrogens with two attached hydrogens (primary N) is 1. The third-order valence-electron chi connectivity index (χ3n) is 10.4. The molecule has 10 nitrogen and oxygen atoms in total. The van der Waals surface area contributed by atoms with Crippen LogP contribution in [0.2, 0.25) is 5.02 Å². The van der Waals surface area contributed by atoms with Crippen molar-refractivity contribution in [2.45, 2.75) is 57.4 Å². The monoisotopic (exact) mass is 657 g/mol. The summed E-state index contributed by atoms with van der Waals surface area (Å²) in [7, 11) is 0. The van der Waals surface area contributed by atoms with Crippen molar-refractivity contribution in [3.05, 3.63) is 69.1 Å². The van der Waals surface area contributed by atoms with Crippen LogP contribution in [0.15, 0.2) is 47.3 Å². The molecular formula is C36H44ClN7O3. The number of terminal acetylenes is 1. The van der Waals surface area contributed by atoms with Crippen molar-refractivity contribution in [3.8, 4) is 23.7 Å². The molecule has 47 heavy (non-hydrogen) atoms. The molecule has 11 heteroatoms. The maximum atomic E-state index is 14.1. The van der Waals surface area contributed by atoms with Gasteiger partial charge in [-0.3, -0.25) is 14.6 Å². The average Bonchev–Trinajstić information content (AvgIpc) is 3.51. The van der Waals surface area contributed by atoms with Crippen molar-refractivity contribution in [2.24, 2.45) is 17.8 Å². The van der Waals surface area contributed by atoms with Gasteiger partial charge in [-0.1, -0.05) is 47.9 Å². The first kappa shape index (κ1) is 32.9. The number of piperidine rings is 3.